The number of sulfonamides is 1. The van der Waals surface area contributed by atoms with Crippen molar-refractivity contribution in [1.82, 2.24) is 9.62 Å². The highest BCUT2D eigenvalue weighted by atomic mass is 32.2. The molecule has 7 nitrogen and oxygen atoms in total. The molecule has 176 valence electrons. The van der Waals surface area contributed by atoms with Gasteiger partial charge in [-0.15, -0.1) is 0 Å². The van der Waals surface area contributed by atoms with Crippen molar-refractivity contribution in [3.63, 3.8) is 0 Å². The number of methoxy groups -OCH3 is 1. The van der Waals surface area contributed by atoms with Crippen molar-refractivity contribution in [1.29, 1.82) is 0 Å². The number of nitrogens with one attached hydrogen (secondary N) is 1. The Morgan fingerprint density at radius 2 is 1.73 bits per heavy atom. The van der Waals surface area contributed by atoms with Gasteiger partial charge in [0.1, 0.15) is 17.3 Å². The lowest BCUT2D eigenvalue weighted by Gasteiger charge is -2.39. The molecule has 1 aromatic heterocycles. The van der Waals surface area contributed by atoms with Gasteiger partial charge in [0.15, 0.2) is 0 Å². The molecule has 0 saturated carbocycles. The molecular weight excluding hydrogens is 445 g/mol. The fourth-order valence-electron chi connectivity index (χ4n) is 4.03. The number of rotatable bonds is 9. The van der Waals surface area contributed by atoms with Gasteiger partial charge >= 0.3 is 0 Å². The molecule has 3 aromatic rings. The van der Waals surface area contributed by atoms with Crippen molar-refractivity contribution < 1.29 is 22.0 Å². The maximum Gasteiger partial charge on any atom is 0.215 e. The van der Waals surface area contributed by atoms with E-state index in [-0.39, 0.29) is 18.3 Å². The quantitative estimate of drug-likeness (QED) is 0.513. The van der Waals surface area contributed by atoms with E-state index in [4.69, 9.17) is 9.15 Å². The van der Waals surface area contributed by atoms with Gasteiger partial charge in [-0.05, 0) is 54.1 Å². The van der Waals surface area contributed by atoms with E-state index in [2.05, 4.69) is 14.5 Å². The van der Waals surface area contributed by atoms with Gasteiger partial charge in [-0.3, -0.25) is 4.90 Å². The van der Waals surface area contributed by atoms with Crippen molar-refractivity contribution in [3.8, 4) is 5.75 Å². The van der Waals surface area contributed by atoms with Crippen LogP contribution in [0.3, 0.4) is 0 Å². The zero-order valence-electron chi connectivity index (χ0n) is 18.5. The first-order valence-electron chi connectivity index (χ1n) is 10.8. The van der Waals surface area contributed by atoms with Gasteiger partial charge in [0.2, 0.25) is 10.0 Å². The smallest absolute Gasteiger partial charge is 0.215 e. The molecule has 1 unspecified atom stereocenters. The molecule has 0 bridgehead atoms. The van der Waals surface area contributed by atoms with Crippen molar-refractivity contribution >= 4 is 15.7 Å². The zero-order chi connectivity index (χ0) is 23.3. The number of piperazine rings is 1. The molecule has 1 N–H and O–H groups in total. The third-order valence-corrected chi connectivity index (χ3v) is 7.15. The molecule has 0 aliphatic carbocycles. The van der Waals surface area contributed by atoms with Crippen LogP contribution in [0.15, 0.2) is 71.3 Å². The Bertz CT molecular complexity index is 1110. The van der Waals surface area contributed by atoms with Crippen LogP contribution in [0.1, 0.15) is 17.4 Å². The van der Waals surface area contributed by atoms with Gasteiger partial charge in [0, 0.05) is 38.4 Å². The van der Waals surface area contributed by atoms with Crippen LogP contribution in [0, 0.1) is 5.82 Å². The number of benzene rings is 2. The van der Waals surface area contributed by atoms with E-state index >= 15 is 0 Å². The molecule has 1 aliphatic heterocycles. The van der Waals surface area contributed by atoms with E-state index in [0.29, 0.717) is 5.56 Å². The Balaban J connectivity index is 1.39. The average molecular weight is 474 g/mol. The van der Waals surface area contributed by atoms with E-state index in [0.717, 1.165) is 43.4 Å². The Morgan fingerprint density at radius 1 is 1.03 bits per heavy atom. The fourth-order valence-corrected chi connectivity index (χ4v) is 5.18. The molecule has 4 rings (SSSR count). The Labute approximate surface area is 193 Å². The molecule has 33 heavy (non-hydrogen) atoms. The van der Waals surface area contributed by atoms with Gasteiger partial charge in [-0.25, -0.2) is 17.5 Å². The summed E-state index contributed by atoms with van der Waals surface area (Å²) in [5.41, 5.74) is 1.66. The monoisotopic (exact) mass is 473 g/mol. The summed E-state index contributed by atoms with van der Waals surface area (Å²) in [5, 5.41) is 0. The lowest BCUT2D eigenvalue weighted by atomic mass is 10.1. The molecule has 2 aromatic carbocycles. The predicted octanol–water partition coefficient (Wildman–Crippen LogP) is 3.41. The van der Waals surface area contributed by atoms with Crippen molar-refractivity contribution in [2.24, 2.45) is 0 Å². The van der Waals surface area contributed by atoms with Crippen LogP contribution in [-0.4, -0.2) is 53.2 Å². The van der Waals surface area contributed by atoms with Crippen LogP contribution in [-0.2, 0) is 15.8 Å². The molecular formula is C24H28FN3O4S. The van der Waals surface area contributed by atoms with Crippen molar-refractivity contribution in [2.75, 3.05) is 44.7 Å². The predicted molar refractivity (Wildman–Crippen MR) is 125 cm³/mol. The highest BCUT2D eigenvalue weighted by Crippen LogP contribution is 2.26. The minimum atomic E-state index is -3.60. The average Bonchev–Trinajstić information content (AvgIpc) is 3.36. The largest absolute Gasteiger partial charge is 0.497 e. The number of anilines is 1. The zero-order valence-corrected chi connectivity index (χ0v) is 19.3. The second-order valence-corrected chi connectivity index (χ2v) is 9.79. The lowest BCUT2D eigenvalue weighted by molar-refractivity contribution is 0.166. The third-order valence-electron chi connectivity index (χ3n) is 5.83. The highest BCUT2D eigenvalue weighted by Gasteiger charge is 2.28. The van der Waals surface area contributed by atoms with Crippen LogP contribution in [0.2, 0.25) is 0 Å². The molecule has 0 spiro atoms. The highest BCUT2D eigenvalue weighted by molar-refractivity contribution is 7.88. The van der Waals surface area contributed by atoms with Gasteiger partial charge in [-0.2, -0.15) is 0 Å². The molecule has 1 atom stereocenters. The van der Waals surface area contributed by atoms with Gasteiger partial charge in [-0.1, -0.05) is 12.1 Å². The summed E-state index contributed by atoms with van der Waals surface area (Å²) < 4.78 is 52.0. The molecule has 9 heteroatoms. The standard InChI is InChI=1S/C24H28FN3O4S/c1-31-22-10-8-21(9-11-22)27-12-14-28(15-13-27)23(24-3-2-16-32-24)17-26-33(29,30)18-19-4-6-20(25)7-5-19/h2-11,16,23,26H,12-15,17-18H2,1H3. The molecule has 0 radical (unpaired) electrons. The minimum Gasteiger partial charge on any atom is -0.497 e. The van der Waals surface area contributed by atoms with E-state index < -0.39 is 15.8 Å². The molecule has 1 fully saturated rings. The number of ether oxygens (including phenoxy) is 1. The number of nitrogens with zero attached hydrogens (tertiary/aromatic N) is 2. The lowest BCUT2D eigenvalue weighted by Crippen LogP contribution is -2.49. The summed E-state index contributed by atoms with van der Waals surface area (Å²) >= 11 is 0. The first kappa shape index (κ1) is 23.3. The molecule has 2 heterocycles. The molecule has 1 saturated heterocycles. The van der Waals surface area contributed by atoms with Crippen LogP contribution in [0.4, 0.5) is 10.1 Å². The number of furan rings is 1. The van der Waals surface area contributed by atoms with E-state index in [9.17, 15) is 12.8 Å². The minimum absolute atomic E-state index is 0.194. The Morgan fingerprint density at radius 3 is 2.33 bits per heavy atom. The van der Waals surface area contributed by atoms with E-state index in [1.165, 1.54) is 24.3 Å². The van der Waals surface area contributed by atoms with Gasteiger partial charge in [0.25, 0.3) is 0 Å². The van der Waals surface area contributed by atoms with Crippen molar-refractivity contribution in [2.45, 2.75) is 11.8 Å². The fraction of sp³-hybridized carbons (Fsp3) is 0.333. The summed E-state index contributed by atoms with van der Waals surface area (Å²) in [4.78, 5) is 4.53. The SMILES string of the molecule is COc1ccc(N2CCN(C(CNS(=O)(=O)Cc3ccc(F)cc3)c3ccco3)CC2)cc1. The normalized spacial score (nSPS) is 16.0. The molecule has 1 aliphatic rings. The van der Waals surface area contributed by atoms with Crippen LogP contribution in [0.5, 0.6) is 5.75 Å². The Kier molecular flexibility index (Phi) is 7.32. The van der Waals surface area contributed by atoms with Crippen molar-refractivity contribution in [3.05, 3.63) is 84.1 Å². The maximum absolute atomic E-state index is 13.1. The maximum atomic E-state index is 13.1. The second-order valence-electron chi connectivity index (χ2n) is 7.99. The Hall–Kier alpha value is -2.88. The summed E-state index contributed by atoms with van der Waals surface area (Å²) in [7, 11) is -1.95. The van der Waals surface area contributed by atoms with Crippen LogP contribution in [0.25, 0.3) is 0 Å². The second kappa shape index (κ2) is 10.4. The summed E-state index contributed by atoms with van der Waals surface area (Å²) in [5.74, 6) is 0.944. The van der Waals surface area contributed by atoms with E-state index in [1.807, 2.05) is 36.4 Å². The first-order valence-corrected chi connectivity index (χ1v) is 12.5. The van der Waals surface area contributed by atoms with Gasteiger partial charge < -0.3 is 14.1 Å². The third kappa shape index (κ3) is 6.13. The molecule has 0 amide bonds. The van der Waals surface area contributed by atoms with Gasteiger partial charge in [0.05, 0.1) is 25.2 Å². The van der Waals surface area contributed by atoms with Crippen LogP contribution >= 0.6 is 0 Å². The summed E-state index contributed by atoms with van der Waals surface area (Å²) in [6, 6.07) is 16.9. The number of hydrogen-bond acceptors (Lipinski definition) is 6. The summed E-state index contributed by atoms with van der Waals surface area (Å²) in [6.07, 6.45) is 1.60. The van der Waals surface area contributed by atoms with E-state index in [1.54, 1.807) is 13.4 Å². The first-order chi connectivity index (χ1) is 15.9. The topological polar surface area (TPSA) is 75.0 Å². The van der Waals surface area contributed by atoms with Crippen LogP contribution < -0.4 is 14.4 Å². The summed E-state index contributed by atoms with van der Waals surface area (Å²) in [6.45, 7) is 3.34. The number of halogens is 1. The number of hydrogen-bond donors (Lipinski definition) is 1.